The van der Waals surface area contributed by atoms with Gasteiger partial charge < -0.3 is 0 Å². The molecule has 0 aromatic heterocycles. The van der Waals surface area contributed by atoms with Gasteiger partial charge >= 0.3 is 0 Å². The molecule has 0 saturated heterocycles. The fourth-order valence-corrected chi connectivity index (χ4v) is 4.18. The zero-order valence-electron chi connectivity index (χ0n) is 17.6. The van der Waals surface area contributed by atoms with E-state index in [1.165, 1.54) is 76.2 Å². The number of nitrogens with zero attached hydrogens (tertiary/aromatic N) is 2. The second-order valence-electron chi connectivity index (χ2n) is 8.02. The minimum absolute atomic E-state index is 0.503. The van der Waals surface area contributed by atoms with E-state index < -0.39 is 0 Å². The molecule has 0 spiro atoms. The predicted molar refractivity (Wildman–Crippen MR) is 119 cm³/mol. The summed E-state index contributed by atoms with van der Waals surface area (Å²) in [6, 6.07) is 11.0. The number of aliphatic imine (C=N–C) groups is 2. The third-order valence-electron chi connectivity index (χ3n) is 5.77. The zero-order chi connectivity index (χ0) is 19.2. The van der Waals surface area contributed by atoms with Crippen LogP contribution in [0, 0.1) is 18.0 Å². The van der Waals surface area contributed by atoms with Gasteiger partial charge in [-0.2, -0.15) is 0 Å². The van der Waals surface area contributed by atoms with Crippen LogP contribution in [-0.2, 0) is 6.42 Å². The Hall–Kier alpha value is -1.57. The van der Waals surface area contributed by atoms with Gasteiger partial charge in [0.05, 0.1) is 5.92 Å². The summed E-state index contributed by atoms with van der Waals surface area (Å²) in [5, 5.41) is 0. The normalized spacial score (nSPS) is 15.4. The molecule has 0 radical (unpaired) electrons. The maximum absolute atomic E-state index is 4.63. The van der Waals surface area contributed by atoms with E-state index in [4.69, 9.17) is 0 Å². The van der Waals surface area contributed by atoms with Crippen LogP contribution in [0.5, 0.6) is 0 Å². The van der Waals surface area contributed by atoms with Gasteiger partial charge in [0, 0.05) is 0 Å². The van der Waals surface area contributed by atoms with Gasteiger partial charge in [-0.25, -0.2) is 0 Å². The Morgan fingerprint density at radius 2 is 1.33 bits per heavy atom. The Morgan fingerprint density at radius 3 is 2.00 bits per heavy atom. The molecular weight excluding hydrogens is 328 g/mol. The third kappa shape index (κ3) is 8.32. The summed E-state index contributed by atoms with van der Waals surface area (Å²) in [7, 11) is 0. The lowest BCUT2D eigenvalue weighted by molar-refractivity contribution is 0.284. The van der Waals surface area contributed by atoms with Crippen molar-refractivity contribution in [3.8, 4) is 0 Å². The Balaban J connectivity index is 2.01. The fraction of sp³-hybridized carbons (Fsp3) is 0.640. The molecule has 1 aliphatic rings. The average Bonchev–Trinajstić information content (AvgIpc) is 3.22. The molecule has 0 amide bonds. The van der Waals surface area contributed by atoms with E-state index in [1.807, 2.05) is 12.4 Å². The van der Waals surface area contributed by atoms with E-state index in [9.17, 15) is 0 Å². The van der Waals surface area contributed by atoms with Crippen LogP contribution < -0.4 is 0 Å². The lowest BCUT2D eigenvalue weighted by Crippen LogP contribution is -2.22. The van der Waals surface area contributed by atoms with Crippen molar-refractivity contribution in [2.24, 2.45) is 21.8 Å². The molecule has 2 unspecified atom stereocenters. The summed E-state index contributed by atoms with van der Waals surface area (Å²) in [6.07, 6.45) is 20.5. The number of rotatable bonds is 15. The first-order valence-corrected chi connectivity index (χ1v) is 11.3. The second-order valence-corrected chi connectivity index (χ2v) is 8.02. The van der Waals surface area contributed by atoms with Crippen molar-refractivity contribution in [3.63, 3.8) is 0 Å². The van der Waals surface area contributed by atoms with E-state index in [0.717, 1.165) is 12.6 Å². The highest BCUT2D eigenvalue weighted by Crippen LogP contribution is 2.36. The largest absolute Gasteiger partial charge is 0.244 e. The molecule has 1 heterocycles. The molecule has 2 atom stereocenters. The van der Waals surface area contributed by atoms with Gasteiger partial charge in [0.1, 0.15) is 0 Å². The summed E-state index contributed by atoms with van der Waals surface area (Å²) in [5.74, 6) is 1.15. The Labute approximate surface area is 167 Å². The summed E-state index contributed by atoms with van der Waals surface area (Å²) in [6.45, 7) is 4.57. The van der Waals surface area contributed by atoms with Crippen molar-refractivity contribution in [3.05, 3.63) is 42.1 Å². The predicted octanol–water partition coefficient (Wildman–Crippen LogP) is 7.44. The molecule has 1 aromatic carbocycles. The molecule has 27 heavy (non-hydrogen) atoms. The minimum atomic E-state index is 0.503. The van der Waals surface area contributed by atoms with E-state index in [1.54, 1.807) is 0 Å². The van der Waals surface area contributed by atoms with Crippen molar-refractivity contribution < 1.29 is 0 Å². The molecule has 148 valence electrons. The van der Waals surface area contributed by atoms with Crippen molar-refractivity contribution in [2.75, 3.05) is 0 Å². The Bertz CT molecular complexity index is 523. The van der Waals surface area contributed by atoms with Crippen LogP contribution in [0.15, 0.2) is 40.3 Å². The molecule has 0 aliphatic carbocycles. The Morgan fingerprint density at radius 1 is 0.741 bits per heavy atom. The molecule has 0 bridgehead atoms. The first-order chi connectivity index (χ1) is 13.3. The summed E-state index contributed by atoms with van der Waals surface area (Å²) >= 11 is 0. The van der Waals surface area contributed by atoms with E-state index in [2.05, 4.69) is 54.2 Å². The monoisotopic (exact) mass is 367 g/mol. The number of unbranched alkanes of at least 4 members (excludes halogenated alkanes) is 7. The van der Waals surface area contributed by atoms with Gasteiger partial charge in [-0.05, 0) is 30.7 Å². The molecule has 0 fully saturated rings. The molecular formula is C25H39N2+. The molecule has 2 heteroatoms. The highest BCUT2D eigenvalue weighted by Gasteiger charge is 2.35. The molecule has 0 N–H and O–H groups in total. The van der Waals surface area contributed by atoms with Gasteiger partial charge in [-0.1, -0.05) is 112 Å². The summed E-state index contributed by atoms with van der Waals surface area (Å²) < 4.78 is 0. The van der Waals surface area contributed by atoms with E-state index in [-0.39, 0.29) is 0 Å². The summed E-state index contributed by atoms with van der Waals surface area (Å²) in [4.78, 5) is 9.25. The zero-order valence-corrected chi connectivity index (χ0v) is 17.6. The molecule has 1 aliphatic heterocycles. The summed E-state index contributed by atoms with van der Waals surface area (Å²) in [5.41, 5.74) is 1.46. The van der Waals surface area contributed by atoms with E-state index in [0.29, 0.717) is 11.8 Å². The first kappa shape index (κ1) is 21.7. The van der Waals surface area contributed by atoms with Crippen LogP contribution in [0.3, 0.4) is 0 Å². The maximum Gasteiger partial charge on any atom is 0.244 e. The maximum atomic E-state index is 4.63. The van der Waals surface area contributed by atoms with Gasteiger partial charge in [0.25, 0.3) is 0 Å². The van der Waals surface area contributed by atoms with Crippen LogP contribution in [-0.4, -0.2) is 12.4 Å². The lowest BCUT2D eigenvalue weighted by atomic mass is 9.78. The molecule has 0 saturated carbocycles. The smallest absolute Gasteiger partial charge is 0.0965 e. The van der Waals surface area contributed by atoms with Gasteiger partial charge in [-0.3, -0.25) is 0 Å². The average molecular weight is 368 g/mol. The van der Waals surface area contributed by atoms with Crippen LogP contribution >= 0.6 is 0 Å². The first-order valence-electron chi connectivity index (χ1n) is 11.3. The van der Waals surface area contributed by atoms with Crippen LogP contribution in [0.1, 0.15) is 90.0 Å². The third-order valence-corrected chi connectivity index (χ3v) is 5.77. The lowest BCUT2D eigenvalue weighted by Gasteiger charge is -2.26. The highest BCUT2D eigenvalue weighted by atomic mass is 15.0. The van der Waals surface area contributed by atoms with Crippen molar-refractivity contribution in [1.29, 1.82) is 0 Å². The van der Waals surface area contributed by atoms with Gasteiger partial charge in [0.2, 0.25) is 6.17 Å². The van der Waals surface area contributed by atoms with Crippen LogP contribution in [0.25, 0.3) is 0 Å². The Kier molecular flexibility index (Phi) is 10.9. The van der Waals surface area contributed by atoms with Crippen LogP contribution in [0.4, 0.5) is 0 Å². The van der Waals surface area contributed by atoms with E-state index >= 15 is 0 Å². The molecule has 2 nitrogen and oxygen atoms in total. The standard InChI is InChI=1S/C25H39N2/c1-3-5-7-9-14-18-24(25-26-19-20-27-25)23(17-13-8-6-4-2)21-22-15-11-10-12-16-22/h10-12,15-16,19-20,23-24H,3-9,13-14,17-18,21H2,1-2H3/q+1. The van der Waals surface area contributed by atoms with Gasteiger partial charge in [-0.15, -0.1) is 0 Å². The molecule has 2 rings (SSSR count). The topological polar surface area (TPSA) is 24.7 Å². The van der Waals surface area contributed by atoms with Crippen molar-refractivity contribution in [2.45, 2.75) is 90.9 Å². The van der Waals surface area contributed by atoms with Crippen LogP contribution in [0.2, 0.25) is 0 Å². The fourth-order valence-electron chi connectivity index (χ4n) is 4.18. The number of hydrogen-bond acceptors (Lipinski definition) is 2. The highest BCUT2D eigenvalue weighted by molar-refractivity contribution is 6.18. The van der Waals surface area contributed by atoms with Crippen molar-refractivity contribution >= 4 is 12.4 Å². The number of benzene rings is 1. The minimum Gasteiger partial charge on any atom is -0.0965 e. The van der Waals surface area contributed by atoms with Gasteiger partial charge in [0.15, 0.2) is 12.4 Å². The SMILES string of the molecule is CCCCCCCC([C+]1N=CC=N1)C(CCCCCC)Cc1ccccc1. The molecule has 1 aromatic rings. The quantitative estimate of drug-likeness (QED) is 0.227. The van der Waals surface area contributed by atoms with Crippen molar-refractivity contribution in [1.82, 2.24) is 0 Å². The second kappa shape index (κ2) is 13.6. The number of hydrogen-bond donors (Lipinski definition) is 0.